The summed E-state index contributed by atoms with van der Waals surface area (Å²) in [6.07, 6.45) is 0. The van der Waals surface area contributed by atoms with Crippen LogP contribution in [-0.2, 0) is 21.4 Å². The lowest BCUT2D eigenvalue weighted by Gasteiger charge is -2.17. The highest BCUT2D eigenvalue weighted by molar-refractivity contribution is 8.00. The van der Waals surface area contributed by atoms with Crippen LogP contribution in [0.25, 0.3) is 0 Å². The number of benzene rings is 2. The summed E-state index contributed by atoms with van der Waals surface area (Å²) in [6, 6.07) is 16.0. The molecule has 2 rings (SSSR count). The van der Waals surface area contributed by atoms with Gasteiger partial charge in [0.1, 0.15) is 0 Å². The Balaban J connectivity index is 2.07. The molecule has 0 fully saturated rings. The van der Waals surface area contributed by atoms with Gasteiger partial charge in [0, 0.05) is 25.5 Å². The van der Waals surface area contributed by atoms with Crippen LogP contribution in [0.2, 0.25) is 0 Å². The normalized spacial score (nSPS) is 11.5. The second-order valence-electron chi connectivity index (χ2n) is 5.18. The third-order valence-electron chi connectivity index (χ3n) is 3.43. The molecule has 0 aromatic heterocycles. The minimum atomic E-state index is -3.55. The molecule has 0 aliphatic rings. The number of hydrogen-bond acceptors (Lipinski definition) is 4. The van der Waals surface area contributed by atoms with Gasteiger partial charge < -0.3 is 5.32 Å². The number of rotatable bonds is 7. The first kappa shape index (κ1) is 18.5. The molecule has 0 atom stereocenters. The minimum absolute atomic E-state index is 0.0701. The van der Waals surface area contributed by atoms with Crippen molar-refractivity contribution in [1.82, 2.24) is 9.62 Å². The number of sulfonamides is 1. The fourth-order valence-corrected chi connectivity index (χ4v) is 3.96. The van der Waals surface area contributed by atoms with E-state index in [1.54, 1.807) is 38.4 Å². The van der Waals surface area contributed by atoms with Gasteiger partial charge in [-0.05, 0) is 29.8 Å². The molecule has 0 saturated heterocycles. The van der Waals surface area contributed by atoms with Crippen LogP contribution in [0.15, 0.2) is 64.4 Å². The molecule has 0 unspecified atom stereocenters. The fraction of sp³-hybridized carbons (Fsp3) is 0.235. The van der Waals surface area contributed by atoms with E-state index in [-0.39, 0.29) is 10.8 Å². The molecule has 0 heterocycles. The van der Waals surface area contributed by atoms with Gasteiger partial charge in [-0.2, -0.15) is 4.31 Å². The molecule has 128 valence electrons. The number of amides is 1. The van der Waals surface area contributed by atoms with Crippen LogP contribution in [0.5, 0.6) is 0 Å². The standard InChI is InChI=1S/C17H20N2O3S2/c1-18-17(20)13-23-15-8-10-16(11-9-15)24(21,22)19(2)12-14-6-4-3-5-7-14/h3-11H,12-13H2,1-2H3,(H,18,20). The van der Waals surface area contributed by atoms with Crippen LogP contribution < -0.4 is 5.32 Å². The third kappa shape index (κ3) is 4.83. The summed E-state index contributed by atoms with van der Waals surface area (Å²) in [6.45, 7) is 0.316. The molecule has 5 nitrogen and oxygen atoms in total. The van der Waals surface area contributed by atoms with Gasteiger partial charge in [-0.3, -0.25) is 4.79 Å². The van der Waals surface area contributed by atoms with Crippen LogP contribution >= 0.6 is 11.8 Å². The Morgan fingerprint density at radius 2 is 1.71 bits per heavy atom. The van der Waals surface area contributed by atoms with Crippen molar-refractivity contribution in [2.75, 3.05) is 19.8 Å². The summed E-state index contributed by atoms with van der Waals surface area (Å²) in [7, 11) is -0.395. The number of carbonyl (C=O) groups is 1. The van der Waals surface area contributed by atoms with Crippen LogP contribution in [0.1, 0.15) is 5.56 Å². The van der Waals surface area contributed by atoms with E-state index in [9.17, 15) is 13.2 Å². The molecule has 0 aliphatic heterocycles. The Kier molecular flexibility index (Phi) is 6.42. The lowest BCUT2D eigenvalue weighted by Crippen LogP contribution is -2.26. The molecule has 0 saturated carbocycles. The maximum absolute atomic E-state index is 12.6. The number of hydrogen-bond donors (Lipinski definition) is 1. The van der Waals surface area contributed by atoms with Crippen LogP contribution in [0.3, 0.4) is 0 Å². The molecule has 1 amide bonds. The molecule has 7 heteroatoms. The SMILES string of the molecule is CNC(=O)CSc1ccc(S(=O)(=O)N(C)Cc2ccccc2)cc1. The first-order chi connectivity index (χ1) is 11.4. The van der Waals surface area contributed by atoms with Crippen molar-refractivity contribution >= 4 is 27.7 Å². The van der Waals surface area contributed by atoms with Gasteiger partial charge in [-0.15, -0.1) is 11.8 Å². The number of thioether (sulfide) groups is 1. The number of nitrogens with zero attached hydrogens (tertiary/aromatic N) is 1. The van der Waals surface area contributed by atoms with Crippen molar-refractivity contribution in [3.63, 3.8) is 0 Å². The maximum Gasteiger partial charge on any atom is 0.243 e. The molecule has 0 aliphatic carbocycles. The van der Waals surface area contributed by atoms with E-state index in [1.807, 2.05) is 30.3 Å². The van der Waals surface area contributed by atoms with Crippen LogP contribution in [-0.4, -0.2) is 38.5 Å². The molecule has 0 spiro atoms. The fourth-order valence-electron chi connectivity index (χ4n) is 2.03. The first-order valence-electron chi connectivity index (χ1n) is 7.37. The summed E-state index contributed by atoms with van der Waals surface area (Å²) in [5, 5.41) is 2.55. The van der Waals surface area contributed by atoms with E-state index >= 15 is 0 Å². The maximum atomic E-state index is 12.6. The lowest BCUT2D eigenvalue weighted by molar-refractivity contribution is -0.118. The summed E-state index contributed by atoms with van der Waals surface area (Å²) in [5.74, 6) is 0.232. The van der Waals surface area contributed by atoms with E-state index in [1.165, 1.54) is 16.1 Å². The molecular weight excluding hydrogens is 344 g/mol. The van der Waals surface area contributed by atoms with Crippen LogP contribution in [0, 0.1) is 0 Å². The van der Waals surface area contributed by atoms with E-state index in [0.29, 0.717) is 12.3 Å². The lowest BCUT2D eigenvalue weighted by atomic mass is 10.2. The van der Waals surface area contributed by atoms with E-state index in [4.69, 9.17) is 0 Å². The Morgan fingerprint density at radius 3 is 2.29 bits per heavy atom. The highest BCUT2D eigenvalue weighted by Crippen LogP contribution is 2.22. The highest BCUT2D eigenvalue weighted by Gasteiger charge is 2.20. The van der Waals surface area contributed by atoms with E-state index in [0.717, 1.165) is 10.5 Å². The molecule has 0 bridgehead atoms. The average Bonchev–Trinajstić information content (AvgIpc) is 2.60. The molecular formula is C17H20N2O3S2. The van der Waals surface area contributed by atoms with Gasteiger partial charge >= 0.3 is 0 Å². The number of nitrogens with one attached hydrogen (secondary N) is 1. The smallest absolute Gasteiger partial charge is 0.243 e. The molecule has 24 heavy (non-hydrogen) atoms. The zero-order valence-corrected chi connectivity index (χ0v) is 15.2. The topological polar surface area (TPSA) is 66.5 Å². The van der Waals surface area contributed by atoms with E-state index < -0.39 is 10.0 Å². The Labute approximate surface area is 147 Å². The first-order valence-corrected chi connectivity index (χ1v) is 9.80. The Hall–Kier alpha value is -1.83. The Bertz CT molecular complexity index is 775. The minimum Gasteiger partial charge on any atom is -0.358 e. The predicted octanol–water partition coefficient (Wildman–Crippen LogP) is 2.35. The van der Waals surface area contributed by atoms with Crippen molar-refractivity contribution in [3.05, 3.63) is 60.2 Å². The van der Waals surface area contributed by atoms with Gasteiger partial charge in [0.25, 0.3) is 0 Å². The van der Waals surface area contributed by atoms with Crippen molar-refractivity contribution in [3.8, 4) is 0 Å². The zero-order chi connectivity index (χ0) is 17.6. The summed E-state index contributed by atoms with van der Waals surface area (Å²) >= 11 is 1.36. The predicted molar refractivity (Wildman–Crippen MR) is 96.3 cm³/mol. The third-order valence-corrected chi connectivity index (χ3v) is 6.26. The monoisotopic (exact) mass is 364 g/mol. The summed E-state index contributed by atoms with van der Waals surface area (Å²) in [5.41, 5.74) is 0.932. The second-order valence-corrected chi connectivity index (χ2v) is 8.27. The second kappa shape index (κ2) is 8.32. The summed E-state index contributed by atoms with van der Waals surface area (Å²) in [4.78, 5) is 12.3. The van der Waals surface area contributed by atoms with Gasteiger partial charge in [0.2, 0.25) is 15.9 Å². The van der Waals surface area contributed by atoms with Crippen molar-refractivity contribution < 1.29 is 13.2 Å². The van der Waals surface area contributed by atoms with Gasteiger partial charge in [0.15, 0.2) is 0 Å². The van der Waals surface area contributed by atoms with Crippen molar-refractivity contribution in [2.45, 2.75) is 16.3 Å². The van der Waals surface area contributed by atoms with Gasteiger partial charge in [-0.25, -0.2) is 8.42 Å². The molecule has 1 N–H and O–H groups in total. The Morgan fingerprint density at radius 1 is 1.08 bits per heavy atom. The molecule has 0 radical (unpaired) electrons. The average molecular weight is 364 g/mol. The van der Waals surface area contributed by atoms with Crippen molar-refractivity contribution in [2.24, 2.45) is 0 Å². The van der Waals surface area contributed by atoms with Crippen molar-refractivity contribution in [1.29, 1.82) is 0 Å². The quantitative estimate of drug-likeness (QED) is 0.766. The number of carbonyl (C=O) groups excluding carboxylic acids is 1. The largest absolute Gasteiger partial charge is 0.358 e. The van der Waals surface area contributed by atoms with E-state index in [2.05, 4.69) is 5.32 Å². The summed E-state index contributed by atoms with van der Waals surface area (Å²) < 4.78 is 26.6. The van der Waals surface area contributed by atoms with Gasteiger partial charge in [-0.1, -0.05) is 30.3 Å². The van der Waals surface area contributed by atoms with Crippen LogP contribution in [0.4, 0.5) is 0 Å². The highest BCUT2D eigenvalue weighted by atomic mass is 32.2. The van der Waals surface area contributed by atoms with Gasteiger partial charge in [0.05, 0.1) is 10.6 Å². The molecule has 2 aromatic carbocycles. The zero-order valence-electron chi connectivity index (χ0n) is 13.6. The molecule has 2 aromatic rings.